The van der Waals surface area contributed by atoms with Gasteiger partial charge in [-0.3, -0.25) is 4.98 Å². The lowest BCUT2D eigenvalue weighted by Crippen LogP contribution is -2.41. The highest BCUT2D eigenvalue weighted by Gasteiger charge is 2.28. The molecule has 0 radical (unpaired) electrons. The lowest BCUT2D eigenvalue weighted by Gasteiger charge is -2.32. The molecule has 2 N–H and O–H groups in total. The minimum absolute atomic E-state index is 0.492. The number of benzene rings is 1. The molecule has 1 aromatic carbocycles. The summed E-state index contributed by atoms with van der Waals surface area (Å²) < 4.78 is 0. The number of aliphatic hydroxyl groups is 1. The van der Waals surface area contributed by atoms with E-state index in [4.69, 9.17) is 0 Å². The van der Waals surface area contributed by atoms with E-state index in [2.05, 4.69) is 34.6 Å². The number of pyridine rings is 1. The van der Waals surface area contributed by atoms with Crippen LogP contribution < -0.4 is 5.32 Å². The van der Waals surface area contributed by atoms with Crippen molar-refractivity contribution in [3.63, 3.8) is 0 Å². The number of aromatic nitrogens is 1. The van der Waals surface area contributed by atoms with Crippen LogP contribution >= 0.6 is 0 Å². The maximum Gasteiger partial charge on any atom is 0.0771 e. The summed E-state index contributed by atoms with van der Waals surface area (Å²) in [7, 11) is 0. The van der Waals surface area contributed by atoms with Crippen molar-refractivity contribution in [2.24, 2.45) is 0 Å². The van der Waals surface area contributed by atoms with Crippen molar-refractivity contribution >= 4 is 10.9 Å². The molecule has 1 aliphatic rings. The summed E-state index contributed by atoms with van der Waals surface area (Å²) in [4.78, 5) is 4.52. The maximum atomic E-state index is 10.5. The van der Waals surface area contributed by atoms with E-state index in [1.54, 1.807) is 0 Å². The minimum atomic E-state index is -0.492. The molecule has 2 aromatic rings. The van der Waals surface area contributed by atoms with Gasteiger partial charge in [-0.05, 0) is 43.5 Å². The number of aryl methyl sites for hydroxylation is 1. The van der Waals surface area contributed by atoms with Gasteiger partial charge in [0, 0.05) is 24.2 Å². The topological polar surface area (TPSA) is 45.1 Å². The van der Waals surface area contributed by atoms with E-state index in [0.29, 0.717) is 6.54 Å². The van der Waals surface area contributed by atoms with Crippen LogP contribution in [0.4, 0.5) is 0 Å². The quantitative estimate of drug-likeness (QED) is 0.905. The van der Waals surface area contributed by atoms with Crippen molar-refractivity contribution < 1.29 is 5.11 Å². The van der Waals surface area contributed by atoms with Crippen LogP contribution in [0.5, 0.6) is 0 Å². The van der Waals surface area contributed by atoms with Crippen LogP contribution in [0.15, 0.2) is 30.3 Å². The van der Waals surface area contributed by atoms with Gasteiger partial charge >= 0.3 is 0 Å². The zero-order chi connectivity index (χ0) is 14.7. The Morgan fingerprint density at radius 2 is 1.95 bits per heavy atom. The molecule has 0 aliphatic heterocycles. The third-order valence-electron chi connectivity index (χ3n) is 4.46. The van der Waals surface area contributed by atoms with E-state index in [1.807, 2.05) is 13.0 Å². The molecule has 0 unspecified atom stereocenters. The average molecular weight is 284 g/mol. The minimum Gasteiger partial charge on any atom is -0.389 e. The van der Waals surface area contributed by atoms with Gasteiger partial charge in [0.2, 0.25) is 0 Å². The van der Waals surface area contributed by atoms with Crippen LogP contribution in [0, 0.1) is 6.92 Å². The van der Waals surface area contributed by atoms with Crippen molar-refractivity contribution in [3.05, 3.63) is 41.6 Å². The second-order valence-electron chi connectivity index (χ2n) is 6.37. The van der Waals surface area contributed by atoms with Gasteiger partial charge < -0.3 is 10.4 Å². The molecular formula is C18H24N2O. The molecule has 1 saturated carbocycles. The Bertz CT molecular complexity index is 618. The van der Waals surface area contributed by atoms with Crippen LogP contribution in [0.25, 0.3) is 10.9 Å². The molecule has 3 rings (SSSR count). The average Bonchev–Trinajstić information content (AvgIpc) is 2.48. The fourth-order valence-electron chi connectivity index (χ4n) is 3.21. The Kier molecular flexibility index (Phi) is 4.22. The number of hydrogen-bond donors (Lipinski definition) is 2. The summed E-state index contributed by atoms with van der Waals surface area (Å²) >= 11 is 0. The first-order chi connectivity index (χ1) is 10.1. The molecule has 0 spiro atoms. The Labute approximate surface area is 126 Å². The summed E-state index contributed by atoms with van der Waals surface area (Å²) in [6.07, 6.45) is 5.43. The van der Waals surface area contributed by atoms with Crippen LogP contribution in [-0.2, 0) is 6.54 Å². The Balaban J connectivity index is 1.61. The normalized spacial score (nSPS) is 18.0. The zero-order valence-electron chi connectivity index (χ0n) is 12.7. The highest BCUT2D eigenvalue weighted by molar-refractivity contribution is 5.79. The lowest BCUT2D eigenvalue weighted by molar-refractivity contribution is 0.00468. The van der Waals surface area contributed by atoms with E-state index in [-0.39, 0.29) is 0 Å². The fourth-order valence-corrected chi connectivity index (χ4v) is 3.21. The summed E-state index contributed by atoms with van der Waals surface area (Å²) in [5, 5.41) is 15.1. The molecule has 112 valence electrons. The van der Waals surface area contributed by atoms with Crippen LogP contribution in [-0.4, -0.2) is 22.2 Å². The molecular weight excluding hydrogens is 260 g/mol. The highest BCUT2D eigenvalue weighted by Crippen LogP contribution is 2.27. The Morgan fingerprint density at radius 1 is 1.14 bits per heavy atom. The zero-order valence-corrected chi connectivity index (χ0v) is 12.7. The van der Waals surface area contributed by atoms with Gasteiger partial charge in [-0.15, -0.1) is 0 Å². The Hall–Kier alpha value is -1.45. The van der Waals surface area contributed by atoms with E-state index in [0.717, 1.165) is 43.4 Å². The second kappa shape index (κ2) is 6.12. The van der Waals surface area contributed by atoms with Crippen LogP contribution in [0.1, 0.15) is 43.4 Å². The predicted molar refractivity (Wildman–Crippen MR) is 86.2 cm³/mol. The molecule has 0 amide bonds. The first-order valence-corrected chi connectivity index (χ1v) is 7.94. The number of hydrogen-bond acceptors (Lipinski definition) is 3. The van der Waals surface area contributed by atoms with Gasteiger partial charge in [-0.2, -0.15) is 0 Å². The van der Waals surface area contributed by atoms with Crippen molar-refractivity contribution in [1.29, 1.82) is 0 Å². The molecule has 1 aromatic heterocycles. The van der Waals surface area contributed by atoms with Gasteiger partial charge in [-0.25, -0.2) is 0 Å². The molecule has 1 fully saturated rings. The van der Waals surface area contributed by atoms with Crippen LogP contribution in [0.2, 0.25) is 0 Å². The molecule has 3 nitrogen and oxygen atoms in total. The molecule has 1 aliphatic carbocycles. The van der Waals surface area contributed by atoms with Gasteiger partial charge in [0.15, 0.2) is 0 Å². The predicted octanol–water partition coefficient (Wildman–Crippen LogP) is 3.33. The molecule has 0 bridgehead atoms. The summed E-state index contributed by atoms with van der Waals surface area (Å²) in [6, 6.07) is 10.5. The third-order valence-corrected chi connectivity index (χ3v) is 4.46. The molecule has 0 atom stereocenters. The van der Waals surface area contributed by atoms with Crippen molar-refractivity contribution in [2.75, 3.05) is 6.54 Å². The molecule has 3 heteroatoms. The van der Waals surface area contributed by atoms with Gasteiger partial charge in [-0.1, -0.05) is 31.4 Å². The molecule has 1 heterocycles. The fraction of sp³-hybridized carbons (Fsp3) is 0.500. The van der Waals surface area contributed by atoms with Gasteiger partial charge in [0.25, 0.3) is 0 Å². The van der Waals surface area contributed by atoms with E-state index in [9.17, 15) is 5.11 Å². The lowest BCUT2D eigenvalue weighted by atomic mass is 9.85. The van der Waals surface area contributed by atoms with Crippen LogP contribution in [0.3, 0.4) is 0 Å². The number of rotatable bonds is 4. The molecule has 21 heavy (non-hydrogen) atoms. The number of fused-ring (bicyclic) bond motifs is 1. The first-order valence-electron chi connectivity index (χ1n) is 7.94. The molecule has 0 saturated heterocycles. The largest absolute Gasteiger partial charge is 0.389 e. The smallest absolute Gasteiger partial charge is 0.0771 e. The van der Waals surface area contributed by atoms with Crippen molar-refractivity contribution in [1.82, 2.24) is 10.3 Å². The number of nitrogens with one attached hydrogen (secondary N) is 1. The standard InChI is InChI=1S/C18H24N2O/c1-14-5-7-16-11-15(6-8-17(16)20-14)12-19-13-18(21)9-3-2-4-10-18/h5-8,11,19,21H,2-4,9-10,12-13H2,1H3. The van der Waals surface area contributed by atoms with Gasteiger partial charge in [0.1, 0.15) is 0 Å². The van der Waals surface area contributed by atoms with E-state index < -0.39 is 5.60 Å². The van der Waals surface area contributed by atoms with E-state index >= 15 is 0 Å². The second-order valence-corrected chi connectivity index (χ2v) is 6.37. The summed E-state index contributed by atoms with van der Waals surface area (Å²) in [5.41, 5.74) is 2.85. The SMILES string of the molecule is Cc1ccc2cc(CNCC3(O)CCCCC3)ccc2n1. The van der Waals surface area contributed by atoms with Crippen molar-refractivity contribution in [3.8, 4) is 0 Å². The summed E-state index contributed by atoms with van der Waals surface area (Å²) in [5.74, 6) is 0. The first kappa shape index (κ1) is 14.5. The van der Waals surface area contributed by atoms with Crippen molar-refractivity contribution in [2.45, 2.75) is 51.2 Å². The maximum absolute atomic E-state index is 10.5. The van der Waals surface area contributed by atoms with Gasteiger partial charge in [0.05, 0.1) is 11.1 Å². The number of nitrogens with zero attached hydrogens (tertiary/aromatic N) is 1. The highest BCUT2D eigenvalue weighted by atomic mass is 16.3. The monoisotopic (exact) mass is 284 g/mol. The summed E-state index contributed by atoms with van der Waals surface area (Å²) in [6.45, 7) is 3.50. The van der Waals surface area contributed by atoms with E-state index in [1.165, 1.54) is 17.4 Å². The third kappa shape index (κ3) is 3.60. The Morgan fingerprint density at radius 3 is 2.76 bits per heavy atom.